The van der Waals surface area contributed by atoms with Gasteiger partial charge in [-0.2, -0.15) is 0 Å². The van der Waals surface area contributed by atoms with Crippen LogP contribution in [0, 0.1) is 0 Å². The van der Waals surface area contributed by atoms with Gasteiger partial charge in [0, 0.05) is 60.9 Å². The summed E-state index contributed by atoms with van der Waals surface area (Å²) < 4.78 is 0. The molecule has 1 saturated carbocycles. The van der Waals surface area contributed by atoms with Gasteiger partial charge in [0.15, 0.2) is 0 Å². The number of nitrogens with one attached hydrogen (secondary N) is 3. The topological polar surface area (TPSA) is 65.1 Å². The molecule has 0 atom stereocenters. The van der Waals surface area contributed by atoms with Crippen LogP contribution in [0.1, 0.15) is 43.6 Å². The van der Waals surface area contributed by atoms with E-state index in [1.54, 1.807) is 0 Å². The summed E-state index contributed by atoms with van der Waals surface area (Å²) >= 11 is 0. The summed E-state index contributed by atoms with van der Waals surface area (Å²) in [6.07, 6.45) is 8.23. The van der Waals surface area contributed by atoms with E-state index >= 15 is 0 Å². The third-order valence-electron chi connectivity index (χ3n) is 6.65. The molecule has 0 bridgehead atoms. The van der Waals surface area contributed by atoms with Crippen molar-refractivity contribution in [3.8, 4) is 0 Å². The Bertz CT molecular complexity index is 1020. The van der Waals surface area contributed by atoms with E-state index in [0.717, 1.165) is 42.8 Å². The summed E-state index contributed by atoms with van der Waals surface area (Å²) in [5.74, 6) is 1.24. The van der Waals surface area contributed by atoms with E-state index in [1.165, 1.54) is 49.0 Å². The molecule has 2 aromatic carbocycles. The monoisotopic (exact) mass is 416 g/mol. The van der Waals surface area contributed by atoms with E-state index in [-0.39, 0.29) is 0 Å². The molecule has 2 aliphatic rings. The van der Waals surface area contributed by atoms with Crippen molar-refractivity contribution in [2.45, 2.75) is 38.0 Å². The Morgan fingerprint density at radius 3 is 2.61 bits per heavy atom. The van der Waals surface area contributed by atoms with Gasteiger partial charge >= 0.3 is 0 Å². The molecule has 1 aliphatic carbocycles. The van der Waals surface area contributed by atoms with E-state index in [2.05, 4.69) is 62.2 Å². The smallest absolute Gasteiger partial charge is 0.227 e. The van der Waals surface area contributed by atoms with Gasteiger partial charge < -0.3 is 20.9 Å². The van der Waals surface area contributed by atoms with Gasteiger partial charge in [0.2, 0.25) is 5.95 Å². The highest BCUT2D eigenvalue weighted by molar-refractivity contribution is 5.88. The molecule has 0 spiro atoms. The molecule has 6 heteroatoms. The lowest BCUT2D eigenvalue weighted by Crippen LogP contribution is -2.27. The van der Waals surface area contributed by atoms with Crippen LogP contribution in [0.2, 0.25) is 0 Å². The van der Waals surface area contributed by atoms with Gasteiger partial charge in [-0.15, -0.1) is 0 Å². The summed E-state index contributed by atoms with van der Waals surface area (Å²) in [5.41, 5.74) is 5.91. The highest BCUT2D eigenvalue weighted by Crippen LogP contribution is 2.41. The molecule has 0 radical (unpaired) electrons. The minimum absolute atomic E-state index is 0.580. The predicted octanol–water partition coefficient (Wildman–Crippen LogP) is 4.87. The summed E-state index contributed by atoms with van der Waals surface area (Å²) in [6, 6.07) is 12.9. The second-order valence-electron chi connectivity index (χ2n) is 8.65. The lowest BCUT2D eigenvalue weighted by Gasteiger charge is -2.22. The fraction of sp³-hybridized carbons (Fsp3) is 0.440. The molecule has 6 nitrogen and oxygen atoms in total. The maximum atomic E-state index is 4.97. The first kappa shape index (κ1) is 20.1. The molecule has 1 aliphatic heterocycles. The van der Waals surface area contributed by atoms with Gasteiger partial charge in [0.05, 0.1) is 5.52 Å². The minimum Gasteiger partial charge on any atom is -0.388 e. The van der Waals surface area contributed by atoms with Crippen molar-refractivity contribution >= 4 is 33.9 Å². The van der Waals surface area contributed by atoms with Crippen molar-refractivity contribution in [1.29, 1.82) is 0 Å². The first-order valence-electron chi connectivity index (χ1n) is 11.6. The summed E-state index contributed by atoms with van der Waals surface area (Å²) in [6.45, 7) is 4.31. The number of fused-ring (bicyclic) bond motifs is 1. The van der Waals surface area contributed by atoms with Crippen LogP contribution in [0.15, 0.2) is 42.6 Å². The Kier molecular flexibility index (Phi) is 5.89. The second kappa shape index (κ2) is 9.10. The molecule has 2 heterocycles. The Labute approximate surface area is 184 Å². The molecule has 0 amide bonds. The van der Waals surface area contributed by atoms with E-state index in [9.17, 15) is 0 Å². The Hall–Kier alpha value is -2.86. The average molecular weight is 417 g/mol. The summed E-state index contributed by atoms with van der Waals surface area (Å²) in [4.78, 5) is 12.0. The number of nitrogens with zero attached hydrogens (tertiary/aromatic N) is 3. The minimum atomic E-state index is 0.580. The molecule has 1 aromatic heterocycles. The molecule has 0 unspecified atom stereocenters. The summed E-state index contributed by atoms with van der Waals surface area (Å²) in [5, 5.41) is 11.4. The molecule has 1 saturated heterocycles. The lowest BCUT2D eigenvalue weighted by atomic mass is 9.93. The Morgan fingerprint density at radius 2 is 1.81 bits per heavy atom. The van der Waals surface area contributed by atoms with E-state index < -0.39 is 0 Å². The van der Waals surface area contributed by atoms with Gasteiger partial charge in [-0.3, -0.25) is 0 Å². The van der Waals surface area contributed by atoms with E-state index in [1.807, 2.05) is 13.2 Å². The van der Waals surface area contributed by atoms with Crippen LogP contribution >= 0.6 is 0 Å². The first-order chi connectivity index (χ1) is 15.3. The van der Waals surface area contributed by atoms with Gasteiger partial charge in [-0.25, -0.2) is 9.97 Å². The van der Waals surface area contributed by atoms with E-state index in [0.29, 0.717) is 11.9 Å². The highest BCUT2D eigenvalue weighted by atomic mass is 15.2. The number of rotatable bonds is 5. The second-order valence-corrected chi connectivity index (χ2v) is 8.65. The van der Waals surface area contributed by atoms with Crippen LogP contribution < -0.4 is 20.9 Å². The van der Waals surface area contributed by atoms with Crippen molar-refractivity contribution in [3.63, 3.8) is 0 Å². The van der Waals surface area contributed by atoms with Gasteiger partial charge in [-0.1, -0.05) is 12.8 Å². The standard InChI is InChI=1S/C25H32N6/c1-26-22-12-7-19-17-28-25(30-24(19)23(22)18-5-2-3-6-18)29-20-8-10-21(11-9-20)31-15-4-13-27-14-16-31/h7-12,17-18,26-27H,2-6,13-16H2,1H3,(H,28,29,30). The number of hydrogen-bond donors (Lipinski definition) is 3. The predicted molar refractivity (Wildman–Crippen MR) is 130 cm³/mol. The van der Waals surface area contributed by atoms with Crippen molar-refractivity contribution in [2.24, 2.45) is 0 Å². The van der Waals surface area contributed by atoms with Crippen molar-refractivity contribution in [1.82, 2.24) is 15.3 Å². The molecule has 3 aromatic rings. The number of anilines is 4. The lowest BCUT2D eigenvalue weighted by molar-refractivity contribution is 0.724. The fourth-order valence-electron chi connectivity index (χ4n) is 5.01. The van der Waals surface area contributed by atoms with Crippen molar-refractivity contribution in [3.05, 3.63) is 48.2 Å². The van der Waals surface area contributed by atoms with Gasteiger partial charge in [0.1, 0.15) is 0 Å². The van der Waals surface area contributed by atoms with Crippen LogP contribution in [-0.4, -0.2) is 43.2 Å². The molecule has 5 rings (SSSR count). The van der Waals surface area contributed by atoms with Crippen LogP contribution in [0.25, 0.3) is 10.9 Å². The molecule has 3 N–H and O–H groups in total. The van der Waals surface area contributed by atoms with Crippen molar-refractivity contribution in [2.75, 3.05) is 48.8 Å². The third kappa shape index (κ3) is 4.30. The Morgan fingerprint density at radius 1 is 0.968 bits per heavy atom. The quantitative estimate of drug-likeness (QED) is 0.551. The number of aromatic nitrogens is 2. The average Bonchev–Trinajstić information content (AvgIpc) is 3.20. The largest absolute Gasteiger partial charge is 0.388 e. The Balaban J connectivity index is 1.40. The molecular weight excluding hydrogens is 384 g/mol. The zero-order valence-electron chi connectivity index (χ0n) is 18.3. The maximum absolute atomic E-state index is 4.97. The highest BCUT2D eigenvalue weighted by Gasteiger charge is 2.23. The molecule has 2 fully saturated rings. The SMILES string of the molecule is CNc1ccc2cnc(Nc3ccc(N4CCCNCC4)cc3)nc2c1C1CCCC1. The molecular formula is C25H32N6. The number of benzene rings is 2. The zero-order valence-corrected chi connectivity index (χ0v) is 18.3. The van der Waals surface area contributed by atoms with Gasteiger partial charge in [0.25, 0.3) is 0 Å². The maximum Gasteiger partial charge on any atom is 0.227 e. The van der Waals surface area contributed by atoms with Crippen LogP contribution in [0.4, 0.5) is 23.0 Å². The van der Waals surface area contributed by atoms with Gasteiger partial charge in [-0.05, 0) is 68.1 Å². The van der Waals surface area contributed by atoms with Crippen LogP contribution in [0.5, 0.6) is 0 Å². The molecule has 31 heavy (non-hydrogen) atoms. The van der Waals surface area contributed by atoms with E-state index in [4.69, 9.17) is 4.98 Å². The number of hydrogen-bond acceptors (Lipinski definition) is 6. The summed E-state index contributed by atoms with van der Waals surface area (Å²) in [7, 11) is 2.00. The molecule has 162 valence electrons. The fourth-order valence-corrected chi connectivity index (χ4v) is 5.01. The van der Waals surface area contributed by atoms with Crippen LogP contribution in [0.3, 0.4) is 0 Å². The van der Waals surface area contributed by atoms with Crippen LogP contribution in [-0.2, 0) is 0 Å². The normalized spacial score (nSPS) is 17.6. The first-order valence-corrected chi connectivity index (χ1v) is 11.6. The van der Waals surface area contributed by atoms with Crippen molar-refractivity contribution < 1.29 is 0 Å². The zero-order chi connectivity index (χ0) is 21.0. The third-order valence-corrected chi connectivity index (χ3v) is 6.65.